The Morgan fingerprint density at radius 3 is 2.68 bits per heavy atom. The molecular weight excluding hydrogens is 316 g/mol. The fourth-order valence-corrected chi connectivity index (χ4v) is 3.40. The lowest BCUT2D eigenvalue weighted by Crippen LogP contribution is -2.47. The van der Waals surface area contributed by atoms with Crippen molar-refractivity contribution in [1.82, 2.24) is 19.9 Å². The zero-order valence-corrected chi connectivity index (χ0v) is 14.6. The number of ether oxygens (including phenoxy) is 1. The molecule has 0 saturated carbocycles. The molecule has 1 saturated heterocycles. The third-order valence-electron chi connectivity index (χ3n) is 4.79. The summed E-state index contributed by atoms with van der Waals surface area (Å²) in [5.41, 5.74) is 3.29. The van der Waals surface area contributed by atoms with Crippen LogP contribution in [-0.4, -0.2) is 53.2 Å². The number of hydrogen-bond acceptors (Lipinski definition) is 6. The molecule has 0 aromatic carbocycles. The number of piperazine rings is 1. The van der Waals surface area contributed by atoms with E-state index in [2.05, 4.69) is 36.7 Å². The van der Waals surface area contributed by atoms with Gasteiger partial charge in [-0.1, -0.05) is 6.92 Å². The van der Waals surface area contributed by atoms with E-state index < -0.39 is 0 Å². The molecule has 3 aromatic rings. The summed E-state index contributed by atoms with van der Waals surface area (Å²) >= 11 is 0. The fourth-order valence-electron chi connectivity index (χ4n) is 3.40. The number of nitrogens with zero attached hydrogens (tertiary/aromatic N) is 5. The minimum atomic E-state index is 0.789. The quantitative estimate of drug-likeness (QED) is 0.787. The normalized spacial score (nSPS) is 15.0. The second-order valence-corrected chi connectivity index (χ2v) is 6.15. The van der Waals surface area contributed by atoms with E-state index in [-0.39, 0.29) is 0 Å². The lowest BCUT2D eigenvalue weighted by atomic mass is 10.1. The van der Waals surface area contributed by atoms with Crippen LogP contribution in [0.2, 0.25) is 0 Å². The smallest absolute Gasteiger partial charge is 0.143 e. The van der Waals surface area contributed by atoms with E-state index in [9.17, 15) is 0 Å². The highest BCUT2D eigenvalue weighted by Crippen LogP contribution is 2.28. The number of rotatable bonds is 4. The lowest BCUT2D eigenvalue weighted by molar-refractivity contribution is 0.413. The zero-order valence-electron chi connectivity index (χ0n) is 14.6. The SMILES string of the molecule is CCc1c[nH]c2ncnc(N3CCN(c4cncc(OC)c4)CC3)c12. The second-order valence-electron chi connectivity index (χ2n) is 6.15. The van der Waals surface area contributed by atoms with E-state index in [0.717, 1.165) is 60.9 Å². The van der Waals surface area contributed by atoms with Crippen molar-refractivity contribution in [3.63, 3.8) is 0 Å². The highest BCUT2D eigenvalue weighted by Gasteiger charge is 2.22. The standard InChI is InChI=1S/C18H22N6O/c1-3-13-9-20-17-16(13)18(22-12-21-17)24-6-4-23(5-7-24)14-8-15(25-2)11-19-10-14/h8-12H,3-7H2,1-2H3,(H,20,21,22). The van der Waals surface area contributed by atoms with Crippen molar-refractivity contribution < 1.29 is 4.74 Å². The van der Waals surface area contributed by atoms with Crippen molar-refractivity contribution in [2.45, 2.75) is 13.3 Å². The molecule has 4 rings (SSSR count). The Bertz CT molecular complexity index is 869. The molecule has 3 aromatic heterocycles. The summed E-state index contributed by atoms with van der Waals surface area (Å²) in [6.45, 7) is 5.83. The molecule has 0 atom stereocenters. The molecule has 25 heavy (non-hydrogen) atoms. The average molecular weight is 338 g/mol. The summed E-state index contributed by atoms with van der Waals surface area (Å²) in [5, 5.41) is 1.15. The molecular formula is C18H22N6O. The van der Waals surface area contributed by atoms with Crippen molar-refractivity contribution in [1.29, 1.82) is 0 Å². The highest BCUT2D eigenvalue weighted by molar-refractivity contribution is 5.90. The van der Waals surface area contributed by atoms with Crippen LogP contribution in [0.3, 0.4) is 0 Å². The molecule has 0 bridgehead atoms. The van der Waals surface area contributed by atoms with Gasteiger partial charge in [-0.3, -0.25) is 4.98 Å². The van der Waals surface area contributed by atoms with E-state index in [4.69, 9.17) is 4.74 Å². The first-order valence-electron chi connectivity index (χ1n) is 8.60. The van der Waals surface area contributed by atoms with Crippen LogP contribution in [0.4, 0.5) is 11.5 Å². The van der Waals surface area contributed by atoms with Crippen LogP contribution in [0.25, 0.3) is 11.0 Å². The van der Waals surface area contributed by atoms with Gasteiger partial charge in [0.15, 0.2) is 0 Å². The Morgan fingerprint density at radius 2 is 1.92 bits per heavy atom. The number of H-pyrrole nitrogens is 1. The summed E-state index contributed by atoms with van der Waals surface area (Å²) in [5.74, 6) is 1.82. The molecule has 0 spiro atoms. The molecule has 1 fully saturated rings. The number of pyridine rings is 1. The summed E-state index contributed by atoms with van der Waals surface area (Å²) in [4.78, 5) is 21.1. The Labute approximate surface area is 146 Å². The van der Waals surface area contributed by atoms with Crippen LogP contribution in [0, 0.1) is 0 Å². The average Bonchev–Trinajstić information content (AvgIpc) is 3.11. The summed E-state index contributed by atoms with van der Waals surface area (Å²) in [6.07, 6.45) is 8.28. The Hall–Kier alpha value is -2.83. The van der Waals surface area contributed by atoms with E-state index >= 15 is 0 Å². The topological polar surface area (TPSA) is 70.2 Å². The maximum atomic E-state index is 5.28. The molecule has 0 amide bonds. The Morgan fingerprint density at radius 1 is 1.12 bits per heavy atom. The molecule has 0 unspecified atom stereocenters. The molecule has 4 heterocycles. The van der Waals surface area contributed by atoms with Crippen LogP contribution >= 0.6 is 0 Å². The Balaban J connectivity index is 1.55. The van der Waals surface area contributed by atoms with Crippen molar-refractivity contribution >= 4 is 22.5 Å². The van der Waals surface area contributed by atoms with Gasteiger partial charge in [0.2, 0.25) is 0 Å². The van der Waals surface area contributed by atoms with Crippen LogP contribution in [0.5, 0.6) is 5.75 Å². The van der Waals surface area contributed by atoms with Crippen molar-refractivity contribution in [2.24, 2.45) is 0 Å². The largest absolute Gasteiger partial charge is 0.495 e. The van der Waals surface area contributed by atoms with Crippen LogP contribution in [0.15, 0.2) is 31.0 Å². The van der Waals surface area contributed by atoms with Gasteiger partial charge in [0.05, 0.1) is 30.6 Å². The van der Waals surface area contributed by atoms with Crippen LogP contribution in [-0.2, 0) is 6.42 Å². The van der Waals surface area contributed by atoms with Crippen LogP contribution in [0.1, 0.15) is 12.5 Å². The number of anilines is 2. The Kier molecular flexibility index (Phi) is 4.13. The first kappa shape index (κ1) is 15.7. The van der Waals surface area contributed by atoms with Gasteiger partial charge in [-0.05, 0) is 12.0 Å². The molecule has 7 heteroatoms. The first-order valence-corrected chi connectivity index (χ1v) is 8.60. The third kappa shape index (κ3) is 2.86. The molecule has 0 radical (unpaired) electrons. The predicted octanol–water partition coefficient (Wildman–Crippen LogP) is 2.25. The number of aryl methyl sites for hydroxylation is 1. The fraction of sp³-hybridized carbons (Fsp3) is 0.389. The first-order chi connectivity index (χ1) is 12.3. The van der Waals surface area contributed by atoms with Gasteiger partial charge in [0, 0.05) is 38.4 Å². The molecule has 7 nitrogen and oxygen atoms in total. The predicted molar refractivity (Wildman–Crippen MR) is 98.5 cm³/mol. The van der Waals surface area contributed by atoms with Gasteiger partial charge in [-0.2, -0.15) is 0 Å². The van der Waals surface area contributed by atoms with Gasteiger partial charge in [0.25, 0.3) is 0 Å². The highest BCUT2D eigenvalue weighted by atomic mass is 16.5. The number of aromatic nitrogens is 4. The zero-order chi connectivity index (χ0) is 17.2. The van der Waals surface area contributed by atoms with E-state index in [1.807, 2.05) is 18.5 Å². The van der Waals surface area contributed by atoms with Gasteiger partial charge < -0.3 is 19.5 Å². The third-order valence-corrected chi connectivity index (χ3v) is 4.79. The summed E-state index contributed by atoms with van der Waals surface area (Å²) in [6, 6.07) is 2.03. The maximum absolute atomic E-state index is 5.28. The van der Waals surface area contributed by atoms with Gasteiger partial charge in [0.1, 0.15) is 23.5 Å². The number of hydrogen-bond donors (Lipinski definition) is 1. The molecule has 1 aliphatic heterocycles. The van der Waals surface area contributed by atoms with Crippen LogP contribution < -0.4 is 14.5 Å². The minimum Gasteiger partial charge on any atom is -0.495 e. The monoisotopic (exact) mass is 338 g/mol. The van der Waals surface area contributed by atoms with Gasteiger partial charge >= 0.3 is 0 Å². The number of fused-ring (bicyclic) bond motifs is 1. The number of methoxy groups -OCH3 is 1. The van der Waals surface area contributed by atoms with Gasteiger partial charge in [-0.15, -0.1) is 0 Å². The number of nitrogens with one attached hydrogen (secondary N) is 1. The summed E-state index contributed by atoms with van der Waals surface area (Å²) < 4.78 is 5.28. The lowest BCUT2D eigenvalue weighted by Gasteiger charge is -2.36. The molecule has 1 N–H and O–H groups in total. The molecule has 130 valence electrons. The minimum absolute atomic E-state index is 0.789. The van der Waals surface area contributed by atoms with Gasteiger partial charge in [-0.25, -0.2) is 9.97 Å². The van der Waals surface area contributed by atoms with E-state index in [0.29, 0.717) is 0 Å². The van der Waals surface area contributed by atoms with E-state index in [1.54, 1.807) is 19.6 Å². The van der Waals surface area contributed by atoms with Crippen molar-refractivity contribution in [3.8, 4) is 5.75 Å². The summed E-state index contributed by atoms with van der Waals surface area (Å²) in [7, 11) is 1.67. The van der Waals surface area contributed by atoms with Crippen molar-refractivity contribution in [2.75, 3.05) is 43.1 Å². The second kappa shape index (κ2) is 6.58. The maximum Gasteiger partial charge on any atom is 0.143 e. The molecule has 1 aliphatic rings. The van der Waals surface area contributed by atoms with Crippen molar-refractivity contribution in [3.05, 3.63) is 36.5 Å². The number of aromatic amines is 1. The van der Waals surface area contributed by atoms with E-state index in [1.165, 1.54) is 5.56 Å². The molecule has 0 aliphatic carbocycles.